The summed E-state index contributed by atoms with van der Waals surface area (Å²) in [7, 11) is 3.10. The molecular formula is C21H24N2O5. The van der Waals surface area contributed by atoms with Crippen LogP contribution in [0.2, 0.25) is 0 Å². The summed E-state index contributed by atoms with van der Waals surface area (Å²) >= 11 is 0. The fraction of sp³-hybridized carbons (Fsp3) is 0.381. The lowest BCUT2D eigenvalue weighted by molar-refractivity contribution is -0.141. The standard InChI is InChI=1S/C21H24N2O5/c1-27-18-11-14-8-10-23(20(24)7-6-15-5-3-4-9-22-15)17(13-21(25)26)16(14)12-19(18)28-2/h3-5,9,11-12,17H,6-8,10,13H2,1-2H3,(H,25,26). The highest BCUT2D eigenvalue weighted by Crippen LogP contribution is 2.39. The van der Waals surface area contributed by atoms with Gasteiger partial charge in [-0.05, 0) is 48.2 Å². The van der Waals surface area contributed by atoms with Gasteiger partial charge in [0.15, 0.2) is 11.5 Å². The number of nitrogens with zero attached hydrogens (tertiary/aromatic N) is 2. The topological polar surface area (TPSA) is 89.0 Å². The first-order valence-electron chi connectivity index (χ1n) is 9.19. The molecule has 0 aliphatic carbocycles. The lowest BCUT2D eigenvalue weighted by Gasteiger charge is -2.37. The number of benzene rings is 1. The lowest BCUT2D eigenvalue weighted by Crippen LogP contribution is -2.41. The van der Waals surface area contributed by atoms with Gasteiger partial charge in [-0.3, -0.25) is 14.6 Å². The van der Waals surface area contributed by atoms with Crippen LogP contribution in [0.15, 0.2) is 36.5 Å². The first-order valence-corrected chi connectivity index (χ1v) is 9.19. The maximum Gasteiger partial charge on any atom is 0.305 e. The van der Waals surface area contributed by atoms with Gasteiger partial charge in [-0.25, -0.2) is 0 Å². The van der Waals surface area contributed by atoms with Gasteiger partial charge in [0.2, 0.25) is 5.91 Å². The average molecular weight is 384 g/mol. The van der Waals surface area contributed by atoms with Crippen LogP contribution in [0.5, 0.6) is 11.5 Å². The summed E-state index contributed by atoms with van der Waals surface area (Å²) in [6.45, 7) is 0.474. The van der Waals surface area contributed by atoms with E-state index in [0.717, 1.165) is 16.8 Å². The smallest absolute Gasteiger partial charge is 0.305 e. The van der Waals surface area contributed by atoms with Gasteiger partial charge in [0, 0.05) is 24.9 Å². The molecule has 0 bridgehead atoms. The van der Waals surface area contributed by atoms with Gasteiger partial charge in [-0.1, -0.05) is 6.07 Å². The summed E-state index contributed by atoms with van der Waals surface area (Å²) in [6.07, 6.45) is 2.99. The van der Waals surface area contributed by atoms with Crippen molar-refractivity contribution in [3.8, 4) is 11.5 Å². The van der Waals surface area contributed by atoms with Gasteiger partial charge >= 0.3 is 5.97 Å². The number of carboxylic acids is 1. The molecule has 0 radical (unpaired) electrons. The van der Waals surface area contributed by atoms with Gasteiger partial charge in [0.1, 0.15) is 0 Å². The van der Waals surface area contributed by atoms with Crippen molar-refractivity contribution in [3.05, 3.63) is 53.3 Å². The summed E-state index contributed by atoms with van der Waals surface area (Å²) in [5.41, 5.74) is 2.63. The third-order valence-electron chi connectivity index (χ3n) is 5.01. The van der Waals surface area contributed by atoms with Crippen molar-refractivity contribution in [1.29, 1.82) is 0 Å². The molecule has 2 aromatic rings. The second-order valence-corrected chi connectivity index (χ2v) is 6.68. The normalized spacial score (nSPS) is 15.6. The number of hydrogen-bond donors (Lipinski definition) is 1. The zero-order chi connectivity index (χ0) is 20.1. The van der Waals surface area contributed by atoms with Crippen molar-refractivity contribution < 1.29 is 24.2 Å². The zero-order valence-corrected chi connectivity index (χ0v) is 16.1. The van der Waals surface area contributed by atoms with Gasteiger partial charge in [-0.2, -0.15) is 0 Å². The molecule has 2 heterocycles. The number of ether oxygens (including phenoxy) is 2. The third-order valence-corrected chi connectivity index (χ3v) is 5.01. The Balaban J connectivity index is 1.85. The number of methoxy groups -OCH3 is 2. The van der Waals surface area contributed by atoms with E-state index in [1.165, 1.54) is 7.11 Å². The monoisotopic (exact) mass is 384 g/mol. The van der Waals surface area contributed by atoms with E-state index in [1.807, 2.05) is 24.3 Å². The molecule has 1 aromatic carbocycles. The van der Waals surface area contributed by atoms with E-state index in [9.17, 15) is 14.7 Å². The van der Waals surface area contributed by atoms with Gasteiger partial charge in [0.05, 0.1) is 26.7 Å². The third kappa shape index (κ3) is 4.24. The van der Waals surface area contributed by atoms with Crippen molar-refractivity contribution in [3.63, 3.8) is 0 Å². The van der Waals surface area contributed by atoms with Crippen molar-refractivity contribution in [2.24, 2.45) is 0 Å². The van der Waals surface area contributed by atoms with Gasteiger partial charge in [0.25, 0.3) is 0 Å². The Bertz CT molecular complexity index is 853. The predicted molar refractivity (Wildman–Crippen MR) is 103 cm³/mol. The molecule has 1 amide bonds. The number of pyridine rings is 1. The van der Waals surface area contributed by atoms with E-state index in [-0.39, 0.29) is 18.7 Å². The number of aromatic nitrogens is 1. The largest absolute Gasteiger partial charge is 0.493 e. The Labute approximate surface area is 163 Å². The number of hydrogen-bond acceptors (Lipinski definition) is 5. The lowest BCUT2D eigenvalue weighted by atomic mass is 9.89. The fourth-order valence-electron chi connectivity index (χ4n) is 3.64. The fourth-order valence-corrected chi connectivity index (χ4v) is 3.64. The molecule has 148 valence electrons. The number of aryl methyl sites for hydroxylation is 1. The minimum absolute atomic E-state index is 0.0719. The van der Waals surface area contributed by atoms with E-state index in [2.05, 4.69) is 4.98 Å². The minimum Gasteiger partial charge on any atom is -0.493 e. The molecule has 0 saturated heterocycles. The first-order chi connectivity index (χ1) is 13.5. The molecule has 1 aliphatic heterocycles. The number of fused-ring (bicyclic) bond motifs is 1. The Morgan fingerprint density at radius 1 is 1.21 bits per heavy atom. The number of carbonyl (C=O) groups excluding carboxylic acids is 1. The van der Waals surface area contributed by atoms with E-state index in [4.69, 9.17) is 9.47 Å². The summed E-state index contributed by atoms with van der Waals surface area (Å²) in [5.74, 6) is 0.108. The van der Waals surface area contributed by atoms with Crippen LogP contribution in [0.25, 0.3) is 0 Å². The minimum atomic E-state index is -0.949. The van der Waals surface area contributed by atoms with Crippen LogP contribution >= 0.6 is 0 Å². The van der Waals surface area contributed by atoms with Crippen LogP contribution in [0.4, 0.5) is 0 Å². The first kappa shape index (κ1) is 19.7. The van der Waals surface area contributed by atoms with Crippen LogP contribution in [0, 0.1) is 0 Å². The van der Waals surface area contributed by atoms with Crippen LogP contribution in [-0.4, -0.2) is 47.6 Å². The van der Waals surface area contributed by atoms with E-state index >= 15 is 0 Å². The predicted octanol–water partition coefficient (Wildman–Crippen LogP) is 2.63. The Morgan fingerprint density at radius 3 is 2.61 bits per heavy atom. The molecule has 7 heteroatoms. The van der Waals surface area contributed by atoms with E-state index in [1.54, 1.807) is 24.3 Å². The summed E-state index contributed by atoms with van der Waals surface area (Å²) in [4.78, 5) is 30.3. The molecular weight excluding hydrogens is 360 g/mol. The number of carbonyl (C=O) groups is 2. The summed E-state index contributed by atoms with van der Waals surface area (Å²) in [6, 6.07) is 8.73. The average Bonchev–Trinajstić information content (AvgIpc) is 2.71. The maximum atomic E-state index is 12.9. The second-order valence-electron chi connectivity index (χ2n) is 6.68. The van der Waals surface area contributed by atoms with E-state index in [0.29, 0.717) is 30.9 Å². The molecule has 3 rings (SSSR count). The number of rotatable bonds is 7. The van der Waals surface area contributed by atoms with Crippen LogP contribution in [-0.2, 0) is 22.4 Å². The van der Waals surface area contributed by atoms with Gasteiger partial charge in [-0.15, -0.1) is 0 Å². The zero-order valence-electron chi connectivity index (χ0n) is 16.1. The SMILES string of the molecule is COc1cc2c(cc1OC)C(CC(=O)O)N(C(=O)CCc1ccccn1)CC2. The quantitative estimate of drug-likeness (QED) is 0.789. The molecule has 1 unspecified atom stereocenters. The van der Waals surface area contributed by atoms with Crippen molar-refractivity contribution in [2.45, 2.75) is 31.7 Å². The Morgan fingerprint density at radius 2 is 1.96 bits per heavy atom. The molecule has 1 aromatic heterocycles. The highest BCUT2D eigenvalue weighted by Gasteiger charge is 2.33. The van der Waals surface area contributed by atoms with Crippen molar-refractivity contribution in [1.82, 2.24) is 9.88 Å². The molecule has 1 aliphatic rings. The summed E-state index contributed by atoms with van der Waals surface area (Å²) < 4.78 is 10.7. The molecule has 1 N–H and O–H groups in total. The highest BCUT2D eigenvalue weighted by molar-refractivity contribution is 5.79. The molecule has 7 nitrogen and oxygen atoms in total. The number of carboxylic acid groups (broad SMARTS) is 1. The molecule has 28 heavy (non-hydrogen) atoms. The molecule has 0 fully saturated rings. The van der Waals surface area contributed by atoms with Crippen LogP contribution < -0.4 is 9.47 Å². The Kier molecular flexibility index (Phi) is 6.13. The second kappa shape index (κ2) is 8.73. The molecule has 0 saturated carbocycles. The van der Waals surface area contributed by atoms with Crippen molar-refractivity contribution >= 4 is 11.9 Å². The molecule has 0 spiro atoms. The highest BCUT2D eigenvalue weighted by atomic mass is 16.5. The van der Waals surface area contributed by atoms with E-state index < -0.39 is 12.0 Å². The van der Waals surface area contributed by atoms with Crippen LogP contribution in [0.3, 0.4) is 0 Å². The molecule has 1 atom stereocenters. The summed E-state index contributed by atoms with van der Waals surface area (Å²) in [5, 5.41) is 9.42. The number of aliphatic carboxylic acids is 1. The van der Waals surface area contributed by atoms with Crippen LogP contribution in [0.1, 0.15) is 35.7 Å². The maximum absolute atomic E-state index is 12.9. The van der Waals surface area contributed by atoms with Gasteiger partial charge < -0.3 is 19.5 Å². The van der Waals surface area contributed by atoms with Crippen molar-refractivity contribution in [2.75, 3.05) is 20.8 Å². The number of amides is 1. The Hall–Kier alpha value is -3.09.